The lowest BCUT2D eigenvalue weighted by Gasteiger charge is -2.37. The number of nitrogens with zero attached hydrogens (tertiary/aromatic N) is 2. The van der Waals surface area contributed by atoms with Gasteiger partial charge in [-0.15, -0.1) is 0 Å². The Labute approximate surface area is 130 Å². The first-order valence-electron chi connectivity index (χ1n) is 8.53. The van der Waals surface area contributed by atoms with Crippen molar-refractivity contribution in [2.45, 2.75) is 52.0 Å². The van der Waals surface area contributed by atoms with Gasteiger partial charge in [0, 0.05) is 25.8 Å². The first kappa shape index (κ1) is 16.4. The lowest BCUT2D eigenvalue weighted by molar-refractivity contribution is 0.141. The van der Waals surface area contributed by atoms with Gasteiger partial charge in [-0.1, -0.05) is 38.7 Å². The molecule has 118 valence electrons. The normalized spacial score (nSPS) is 18.6. The molecule has 1 heterocycles. The van der Waals surface area contributed by atoms with Crippen LogP contribution in [0.4, 0.5) is 0 Å². The molecule has 0 aliphatic heterocycles. The van der Waals surface area contributed by atoms with E-state index in [1.54, 1.807) is 0 Å². The molecule has 2 rings (SSSR count). The molecule has 0 saturated heterocycles. The number of pyridine rings is 1. The zero-order valence-electron chi connectivity index (χ0n) is 13.8. The number of rotatable bonds is 7. The van der Waals surface area contributed by atoms with Gasteiger partial charge in [-0.05, 0) is 44.0 Å². The summed E-state index contributed by atoms with van der Waals surface area (Å²) in [6.07, 6.45) is 10.2. The summed E-state index contributed by atoms with van der Waals surface area (Å²) in [6.45, 7) is 6.58. The molecule has 1 aromatic heterocycles. The number of aromatic nitrogens is 1. The summed E-state index contributed by atoms with van der Waals surface area (Å²) in [5.41, 5.74) is 1.63. The molecule has 0 bridgehead atoms. The fourth-order valence-corrected chi connectivity index (χ4v) is 3.66. The molecule has 3 heteroatoms. The minimum absolute atomic E-state index is 0.454. The molecule has 21 heavy (non-hydrogen) atoms. The molecule has 1 saturated carbocycles. The number of hydrogen-bond donors (Lipinski definition) is 1. The van der Waals surface area contributed by atoms with Crippen molar-refractivity contribution in [2.75, 3.05) is 26.7 Å². The molecule has 0 spiro atoms. The van der Waals surface area contributed by atoms with Crippen molar-refractivity contribution in [1.82, 2.24) is 15.2 Å². The predicted molar refractivity (Wildman–Crippen MR) is 89.2 cm³/mol. The summed E-state index contributed by atoms with van der Waals surface area (Å²) in [5, 5.41) is 3.61. The fourth-order valence-electron chi connectivity index (χ4n) is 3.66. The minimum atomic E-state index is 0.454. The van der Waals surface area contributed by atoms with Crippen LogP contribution < -0.4 is 5.32 Å². The third-order valence-electron chi connectivity index (χ3n) is 4.68. The van der Waals surface area contributed by atoms with E-state index in [1.807, 2.05) is 12.3 Å². The maximum atomic E-state index is 4.46. The second-order valence-corrected chi connectivity index (χ2v) is 6.69. The fraction of sp³-hybridized carbons (Fsp3) is 0.722. The average Bonchev–Trinajstić information content (AvgIpc) is 2.72. The third-order valence-corrected chi connectivity index (χ3v) is 4.68. The molecule has 0 amide bonds. The van der Waals surface area contributed by atoms with Gasteiger partial charge in [-0.3, -0.25) is 9.88 Å². The van der Waals surface area contributed by atoms with E-state index in [2.05, 4.69) is 41.3 Å². The summed E-state index contributed by atoms with van der Waals surface area (Å²) in [6, 6.07) is 6.19. The monoisotopic (exact) mass is 289 g/mol. The van der Waals surface area contributed by atoms with Crippen LogP contribution in [0.3, 0.4) is 0 Å². The molecule has 1 aromatic rings. The zero-order valence-corrected chi connectivity index (χ0v) is 13.8. The van der Waals surface area contributed by atoms with Crippen LogP contribution >= 0.6 is 0 Å². The van der Waals surface area contributed by atoms with Crippen LogP contribution in [0.25, 0.3) is 0 Å². The smallest absolute Gasteiger partial charge is 0.0543 e. The van der Waals surface area contributed by atoms with Crippen molar-refractivity contribution in [2.24, 2.45) is 5.41 Å². The topological polar surface area (TPSA) is 28.2 Å². The number of hydrogen-bond acceptors (Lipinski definition) is 3. The molecule has 0 radical (unpaired) electrons. The Bertz CT molecular complexity index is 383. The van der Waals surface area contributed by atoms with E-state index in [0.717, 1.165) is 19.6 Å². The lowest BCUT2D eigenvalue weighted by atomic mass is 9.79. The quantitative estimate of drug-likeness (QED) is 0.779. The maximum Gasteiger partial charge on any atom is 0.0543 e. The van der Waals surface area contributed by atoms with Crippen LogP contribution in [-0.4, -0.2) is 36.6 Å². The molecule has 0 atom stereocenters. The minimum Gasteiger partial charge on any atom is -0.316 e. The highest BCUT2D eigenvalue weighted by atomic mass is 15.1. The van der Waals surface area contributed by atoms with E-state index in [9.17, 15) is 0 Å². The van der Waals surface area contributed by atoms with Gasteiger partial charge in [0.15, 0.2) is 0 Å². The van der Waals surface area contributed by atoms with Crippen molar-refractivity contribution in [1.29, 1.82) is 0 Å². The van der Waals surface area contributed by atoms with E-state index < -0.39 is 0 Å². The Morgan fingerprint density at radius 3 is 2.57 bits per heavy atom. The average molecular weight is 289 g/mol. The molecule has 1 N–H and O–H groups in total. The van der Waals surface area contributed by atoms with Crippen LogP contribution in [0.5, 0.6) is 0 Å². The van der Waals surface area contributed by atoms with E-state index >= 15 is 0 Å². The molecule has 0 unspecified atom stereocenters. The molecule has 3 nitrogen and oxygen atoms in total. The summed E-state index contributed by atoms with van der Waals surface area (Å²) in [7, 11) is 2.24. The maximum absolute atomic E-state index is 4.46. The van der Waals surface area contributed by atoms with Gasteiger partial charge in [-0.2, -0.15) is 0 Å². The van der Waals surface area contributed by atoms with Crippen LogP contribution in [0, 0.1) is 5.41 Å². The molecule has 1 aliphatic rings. The highest BCUT2D eigenvalue weighted by Crippen LogP contribution is 2.35. The van der Waals surface area contributed by atoms with Gasteiger partial charge in [0.25, 0.3) is 0 Å². The molecular formula is C18H31N3. The number of nitrogens with one attached hydrogen (secondary N) is 1. The Hall–Kier alpha value is -0.930. The highest BCUT2D eigenvalue weighted by Gasteiger charge is 2.31. The van der Waals surface area contributed by atoms with Crippen LogP contribution in [-0.2, 0) is 6.54 Å². The standard InChI is InChI=1S/C18H31N3/c1-3-19-15-18(11-7-4-5-8-12-18)16-21(2)14-17-10-6-9-13-20-17/h6,9-10,13,19H,3-5,7-8,11-12,14-16H2,1-2H3. The van der Waals surface area contributed by atoms with Gasteiger partial charge >= 0.3 is 0 Å². The van der Waals surface area contributed by atoms with E-state index in [1.165, 1.54) is 50.8 Å². The second kappa shape index (κ2) is 8.50. The highest BCUT2D eigenvalue weighted by molar-refractivity contribution is 5.03. The zero-order chi connectivity index (χ0) is 15.0. The van der Waals surface area contributed by atoms with Gasteiger partial charge in [0.2, 0.25) is 0 Å². The van der Waals surface area contributed by atoms with Gasteiger partial charge < -0.3 is 5.32 Å². The van der Waals surface area contributed by atoms with Gasteiger partial charge in [-0.25, -0.2) is 0 Å². The summed E-state index contributed by atoms with van der Waals surface area (Å²) >= 11 is 0. The first-order valence-corrected chi connectivity index (χ1v) is 8.53. The van der Waals surface area contributed by atoms with E-state index in [0.29, 0.717) is 5.41 Å². The van der Waals surface area contributed by atoms with Crippen LogP contribution in [0.1, 0.15) is 51.1 Å². The lowest BCUT2D eigenvalue weighted by Crippen LogP contribution is -2.42. The Kier molecular flexibility index (Phi) is 6.65. The second-order valence-electron chi connectivity index (χ2n) is 6.69. The van der Waals surface area contributed by atoms with E-state index in [4.69, 9.17) is 0 Å². The summed E-state index contributed by atoms with van der Waals surface area (Å²) in [5.74, 6) is 0. The van der Waals surface area contributed by atoms with Gasteiger partial charge in [0.05, 0.1) is 5.69 Å². The summed E-state index contributed by atoms with van der Waals surface area (Å²) < 4.78 is 0. The largest absolute Gasteiger partial charge is 0.316 e. The third kappa shape index (κ3) is 5.40. The van der Waals surface area contributed by atoms with Crippen LogP contribution in [0.2, 0.25) is 0 Å². The van der Waals surface area contributed by atoms with E-state index in [-0.39, 0.29) is 0 Å². The Morgan fingerprint density at radius 1 is 1.19 bits per heavy atom. The first-order chi connectivity index (χ1) is 10.2. The molecule has 1 fully saturated rings. The van der Waals surface area contributed by atoms with Crippen molar-refractivity contribution < 1.29 is 0 Å². The predicted octanol–water partition coefficient (Wildman–Crippen LogP) is 3.46. The molecule has 1 aliphatic carbocycles. The molecule has 0 aromatic carbocycles. The molecular weight excluding hydrogens is 258 g/mol. The Balaban J connectivity index is 1.96. The Morgan fingerprint density at radius 2 is 1.95 bits per heavy atom. The van der Waals surface area contributed by atoms with Crippen molar-refractivity contribution in [3.63, 3.8) is 0 Å². The summed E-state index contributed by atoms with van der Waals surface area (Å²) in [4.78, 5) is 6.92. The van der Waals surface area contributed by atoms with Gasteiger partial charge in [0.1, 0.15) is 0 Å². The van der Waals surface area contributed by atoms with Crippen molar-refractivity contribution >= 4 is 0 Å². The SMILES string of the molecule is CCNCC1(CN(C)Cc2ccccn2)CCCCCC1. The van der Waals surface area contributed by atoms with Crippen molar-refractivity contribution in [3.8, 4) is 0 Å². The van der Waals surface area contributed by atoms with Crippen LogP contribution in [0.15, 0.2) is 24.4 Å². The van der Waals surface area contributed by atoms with Crippen molar-refractivity contribution in [3.05, 3.63) is 30.1 Å².